The van der Waals surface area contributed by atoms with Gasteiger partial charge in [-0.3, -0.25) is 0 Å². The predicted molar refractivity (Wildman–Crippen MR) is 73.2 cm³/mol. The van der Waals surface area contributed by atoms with Crippen molar-refractivity contribution in [2.75, 3.05) is 5.73 Å². The van der Waals surface area contributed by atoms with E-state index in [1.54, 1.807) is 12.1 Å². The third-order valence-corrected chi connectivity index (χ3v) is 4.32. The smallest absolute Gasteiger partial charge is 0.185 e. The molecule has 0 radical (unpaired) electrons. The second-order valence-electron chi connectivity index (χ2n) is 4.27. The largest absolute Gasteiger partial charge is 0.382 e. The van der Waals surface area contributed by atoms with E-state index < -0.39 is 9.84 Å². The first-order valence-electron chi connectivity index (χ1n) is 5.73. The van der Waals surface area contributed by atoms with Crippen LogP contribution >= 0.6 is 0 Å². The summed E-state index contributed by atoms with van der Waals surface area (Å²) in [5, 5.41) is 8.72. The molecule has 1 heterocycles. The fourth-order valence-electron chi connectivity index (χ4n) is 1.59. The Hall–Kier alpha value is -2.46. The molecule has 0 amide bonds. The number of nitrogen functional groups attached to an aromatic ring is 1. The van der Waals surface area contributed by atoms with E-state index in [1.165, 1.54) is 18.3 Å². The van der Waals surface area contributed by atoms with Crippen LogP contribution < -0.4 is 5.73 Å². The number of aryl methyl sites for hydroxylation is 1. The zero-order chi connectivity index (χ0) is 14.8. The number of anilines is 1. The lowest BCUT2D eigenvalue weighted by Gasteiger charge is -2.05. The normalized spacial score (nSPS) is 11.0. The van der Waals surface area contributed by atoms with Gasteiger partial charge < -0.3 is 5.73 Å². The molecule has 0 aliphatic carbocycles. The summed E-state index contributed by atoms with van der Waals surface area (Å²) in [5.41, 5.74) is 6.64. The minimum absolute atomic E-state index is 0.0170. The molecule has 2 N–H and O–H groups in total. The first kappa shape index (κ1) is 14.0. The molecule has 20 heavy (non-hydrogen) atoms. The number of nitrogens with two attached hydrogens (primary N) is 1. The Bertz CT molecular complexity index is 777. The van der Waals surface area contributed by atoms with Gasteiger partial charge in [-0.05, 0) is 19.1 Å². The highest BCUT2D eigenvalue weighted by molar-refractivity contribution is 7.90. The van der Waals surface area contributed by atoms with Gasteiger partial charge in [0.05, 0.1) is 11.1 Å². The van der Waals surface area contributed by atoms with Crippen molar-refractivity contribution in [2.45, 2.75) is 17.6 Å². The van der Waals surface area contributed by atoms with Gasteiger partial charge in [0.15, 0.2) is 9.84 Å². The number of nitrogens with zero attached hydrogens (tertiary/aromatic N) is 3. The molecule has 0 aliphatic heterocycles. The SMILES string of the molecule is Cc1ccc(S(=O)(=O)Cc2ncc(C#N)c(N)n2)cc1. The summed E-state index contributed by atoms with van der Waals surface area (Å²) < 4.78 is 24.4. The van der Waals surface area contributed by atoms with Crippen molar-refractivity contribution >= 4 is 15.7 Å². The quantitative estimate of drug-likeness (QED) is 0.909. The average Bonchev–Trinajstić information content (AvgIpc) is 2.39. The molecule has 0 atom stereocenters. The first-order valence-corrected chi connectivity index (χ1v) is 7.38. The molecule has 0 bridgehead atoms. The Morgan fingerprint density at radius 1 is 1.30 bits per heavy atom. The van der Waals surface area contributed by atoms with Gasteiger partial charge >= 0.3 is 0 Å². The predicted octanol–water partition coefficient (Wildman–Crippen LogP) is 1.21. The van der Waals surface area contributed by atoms with E-state index in [0.29, 0.717) is 0 Å². The van der Waals surface area contributed by atoms with E-state index in [-0.39, 0.29) is 27.9 Å². The highest BCUT2D eigenvalue weighted by Crippen LogP contribution is 2.16. The molecule has 2 rings (SSSR count). The lowest BCUT2D eigenvalue weighted by molar-refractivity contribution is 0.594. The van der Waals surface area contributed by atoms with Crippen molar-refractivity contribution in [3.05, 3.63) is 47.4 Å². The van der Waals surface area contributed by atoms with Gasteiger partial charge in [-0.25, -0.2) is 18.4 Å². The second kappa shape index (κ2) is 5.27. The number of aromatic nitrogens is 2. The van der Waals surface area contributed by atoms with Crippen LogP contribution in [0.25, 0.3) is 0 Å². The topological polar surface area (TPSA) is 110 Å². The van der Waals surface area contributed by atoms with Gasteiger partial charge in [0.25, 0.3) is 0 Å². The van der Waals surface area contributed by atoms with Gasteiger partial charge in [-0.1, -0.05) is 17.7 Å². The lowest BCUT2D eigenvalue weighted by atomic mass is 10.2. The van der Waals surface area contributed by atoms with E-state index >= 15 is 0 Å². The van der Waals surface area contributed by atoms with Gasteiger partial charge in [0.1, 0.15) is 29.0 Å². The molecule has 102 valence electrons. The standard InChI is InChI=1S/C13H12N4O2S/c1-9-2-4-11(5-3-9)20(18,19)8-12-16-7-10(6-14)13(15)17-12/h2-5,7H,8H2,1H3,(H2,15,16,17). The summed E-state index contributed by atoms with van der Waals surface area (Å²) in [4.78, 5) is 7.89. The molecule has 0 saturated heterocycles. The van der Waals surface area contributed by atoms with E-state index in [4.69, 9.17) is 11.0 Å². The molecular weight excluding hydrogens is 276 g/mol. The van der Waals surface area contributed by atoms with E-state index in [2.05, 4.69) is 9.97 Å². The highest BCUT2D eigenvalue weighted by Gasteiger charge is 2.17. The van der Waals surface area contributed by atoms with E-state index in [0.717, 1.165) is 5.56 Å². The number of sulfone groups is 1. The molecule has 0 aliphatic rings. The van der Waals surface area contributed by atoms with Crippen LogP contribution in [0, 0.1) is 18.3 Å². The Balaban J connectivity index is 2.31. The van der Waals surface area contributed by atoms with E-state index in [1.807, 2.05) is 13.0 Å². The van der Waals surface area contributed by atoms with Gasteiger partial charge in [0.2, 0.25) is 0 Å². The van der Waals surface area contributed by atoms with E-state index in [9.17, 15) is 8.42 Å². The second-order valence-corrected chi connectivity index (χ2v) is 6.26. The van der Waals surface area contributed by atoms with Crippen molar-refractivity contribution in [3.8, 4) is 6.07 Å². The number of hydrogen-bond acceptors (Lipinski definition) is 6. The molecule has 1 aromatic heterocycles. The van der Waals surface area contributed by atoms with Crippen molar-refractivity contribution in [1.82, 2.24) is 9.97 Å². The molecule has 6 nitrogen and oxygen atoms in total. The molecule has 0 unspecified atom stereocenters. The Morgan fingerprint density at radius 2 is 1.95 bits per heavy atom. The van der Waals surface area contributed by atoms with Gasteiger partial charge in [-0.2, -0.15) is 5.26 Å². The Morgan fingerprint density at radius 3 is 2.50 bits per heavy atom. The average molecular weight is 288 g/mol. The van der Waals surface area contributed by atoms with Crippen molar-refractivity contribution in [1.29, 1.82) is 5.26 Å². The maximum atomic E-state index is 12.2. The minimum Gasteiger partial charge on any atom is -0.382 e. The number of rotatable bonds is 3. The Labute approximate surface area is 116 Å². The fraction of sp³-hybridized carbons (Fsp3) is 0.154. The van der Waals surface area contributed by atoms with Gasteiger partial charge in [0, 0.05) is 0 Å². The van der Waals surface area contributed by atoms with Crippen LogP contribution in [0.15, 0.2) is 35.4 Å². The van der Waals surface area contributed by atoms with Crippen LogP contribution in [-0.2, 0) is 15.6 Å². The maximum Gasteiger partial charge on any atom is 0.185 e. The molecular formula is C13H12N4O2S. The zero-order valence-corrected chi connectivity index (χ0v) is 11.6. The Kier molecular flexibility index (Phi) is 3.68. The monoisotopic (exact) mass is 288 g/mol. The third-order valence-electron chi connectivity index (χ3n) is 2.69. The van der Waals surface area contributed by atoms with Crippen LogP contribution in [0.5, 0.6) is 0 Å². The highest BCUT2D eigenvalue weighted by atomic mass is 32.2. The molecule has 0 spiro atoms. The van der Waals surface area contributed by atoms with Crippen molar-refractivity contribution < 1.29 is 8.42 Å². The molecule has 7 heteroatoms. The van der Waals surface area contributed by atoms with Crippen molar-refractivity contribution in [3.63, 3.8) is 0 Å². The summed E-state index contributed by atoms with van der Waals surface area (Å²) in [7, 11) is -3.53. The number of benzene rings is 1. The zero-order valence-electron chi connectivity index (χ0n) is 10.7. The molecule has 2 aromatic rings. The summed E-state index contributed by atoms with van der Waals surface area (Å²) in [6, 6.07) is 8.35. The summed E-state index contributed by atoms with van der Waals surface area (Å²) >= 11 is 0. The summed E-state index contributed by atoms with van der Waals surface area (Å²) in [6.45, 7) is 1.88. The van der Waals surface area contributed by atoms with Crippen LogP contribution in [0.4, 0.5) is 5.82 Å². The van der Waals surface area contributed by atoms with Crippen molar-refractivity contribution in [2.24, 2.45) is 0 Å². The van der Waals surface area contributed by atoms with Crippen LogP contribution in [0.3, 0.4) is 0 Å². The van der Waals surface area contributed by atoms with Gasteiger partial charge in [-0.15, -0.1) is 0 Å². The van der Waals surface area contributed by atoms with Crippen LogP contribution in [0.2, 0.25) is 0 Å². The van der Waals surface area contributed by atoms with Crippen LogP contribution in [0.1, 0.15) is 17.0 Å². The fourth-order valence-corrected chi connectivity index (χ4v) is 2.78. The summed E-state index contributed by atoms with van der Waals surface area (Å²) in [5.74, 6) is -0.301. The molecule has 0 fully saturated rings. The maximum absolute atomic E-state index is 12.2. The van der Waals surface area contributed by atoms with Crippen LogP contribution in [-0.4, -0.2) is 18.4 Å². The minimum atomic E-state index is -3.53. The third kappa shape index (κ3) is 2.92. The first-order chi connectivity index (χ1) is 9.42. The molecule has 0 saturated carbocycles. The summed E-state index contributed by atoms with van der Waals surface area (Å²) in [6.07, 6.45) is 1.22. The number of hydrogen-bond donors (Lipinski definition) is 1. The molecule has 1 aromatic carbocycles. The number of nitriles is 1. The lowest BCUT2D eigenvalue weighted by Crippen LogP contribution is -2.10.